The van der Waals surface area contributed by atoms with Crippen molar-refractivity contribution in [3.8, 4) is 0 Å². The molecule has 1 saturated heterocycles. The first-order chi connectivity index (χ1) is 16.1. The van der Waals surface area contributed by atoms with Gasteiger partial charge in [-0.1, -0.05) is 18.2 Å². The lowest BCUT2D eigenvalue weighted by Gasteiger charge is -2.26. The molecule has 6 nitrogen and oxygen atoms in total. The number of carboxylic acid groups (broad SMARTS) is 1. The third-order valence-corrected chi connectivity index (χ3v) is 6.12. The van der Waals surface area contributed by atoms with Crippen LogP contribution in [0.2, 0.25) is 0 Å². The van der Waals surface area contributed by atoms with Gasteiger partial charge in [-0.05, 0) is 36.2 Å². The molecule has 3 aromatic rings. The highest BCUT2D eigenvalue weighted by atomic mass is 32.2. The Morgan fingerprint density at radius 1 is 1.09 bits per heavy atom. The molecule has 1 aliphatic heterocycles. The van der Waals surface area contributed by atoms with Gasteiger partial charge in [0.1, 0.15) is 5.82 Å². The smallest absolute Gasteiger partial charge is 0.475 e. The molecule has 11 heteroatoms. The third kappa shape index (κ3) is 6.97. The van der Waals surface area contributed by atoms with Gasteiger partial charge in [-0.3, -0.25) is 4.79 Å². The predicted molar refractivity (Wildman–Crippen MR) is 124 cm³/mol. The van der Waals surface area contributed by atoms with Gasteiger partial charge in [0.2, 0.25) is 0 Å². The Morgan fingerprint density at radius 2 is 1.74 bits per heavy atom. The molecule has 0 aliphatic carbocycles. The third-order valence-electron chi connectivity index (χ3n) is 5.17. The van der Waals surface area contributed by atoms with E-state index in [0.717, 1.165) is 13.0 Å². The van der Waals surface area contributed by atoms with E-state index in [1.807, 2.05) is 36.0 Å². The summed E-state index contributed by atoms with van der Waals surface area (Å²) in [5.41, 5.74) is 2.90. The lowest BCUT2D eigenvalue weighted by Crippen LogP contribution is -2.34. The van der Waals surface area contributed by atoms with Gasteiger partial charge >= 0.3 is 12.1 Å². The van der Waals surface area contributed by atoms with Crippen LogP contribution in [0.4, 0.5) is 23.2 Å². The van der Waals surface area contributed by atoms with Gasteiger partial charge in [-0.25, -0.2) is 9.18 Å². The molecule has 182 valence electrons. The molecule has 0 spiro atoms. The van der Waals surface area contributed by atoms with Gasteiger partial charge in [0, 0.05) is 53.9 Å². The number of hydrogen-bond donors (Lipinski definition) is 3. The SMILES string of the molecule is O=C(Nc1ccc(CCN2CCSCC2)cc1)c1c[nH]c2cccc(F)c12.O=C(O)C(F)(F)F. The van der Waals surface area contributed by atoms with Crippen molar-refractivity contribution in [2.24, 2.45) is 0 Å². The molecule has 0 atom stereocenters. The molecule has 0 saturated carbocycles. The average molecular weight is 498 g/mol. The molecule has 1 amide bonds. The maximum atomic E-state index is 14.1. The Kier molecular flexibility index (Phi) is 8.56. The summed E-state index contributed by atoms with van der Waals surface area (Å²) in [4.78, 5) is 26.9. The number of carbonyl (C=O) groups is 2. The summed E-state index contributed by atoms with van der Waals surface area (Å²) >= 11 is 2.02. The van der Waals surface area contributed by atoms with E-state index in [1.54, 1.807) is 18.3 Å². The van der Waals surface area contributed by atoms with Crippen LogP contribution in [0.3, 0.4) is 0 Å². The van der Waals surface area contributed by atoms with Gasteiger partial charge in [0.25, 0.3) is 5.91 Å². The highest BCUT2D eigenvalue weighted by molar-refractivity contribution is 7.99. The predicted octanol–water partition coefficient (Wildman–Crippen LogP) is 4.78. The van der Waals surface area contributed by atoms with Crippen molar-refractivity contribution in [1.29, 1.82) is 0 Å². The van der Waals surface area contributed by atoms with Crippen LogP contribution in [0.25, 0.3) is 10.9 Å². The van der Waals surface area contributed by atoms with E-state index >= 15 is 0 Å². The van der Waals surface area contributed by atoms with Crippen LogP contribution >= 0.6 is 11.8 Å². The molecule has 3 N–H and O–H groups in total. The van der Waals surface area contributed by atoms with Crippen molar-refractivity contribution in [2.45, 2.75) is 12.6 Å². The zero-order valence-electron chi connectivity index (χ0n) is 18.0. The molecule has 2 aromatic carbocycles. The van der Waals surface area contributed by atoms with Crippen LogP contribution in [0, 0.1) is 5.82 Å². The second kappa shape index (κ2) is 11.4. The first kappa shape index (κ1) is 25.6. The molecular weight excluding hydrogens is 474 g/mol. The summed E-state index contributed by atoms with van der Waals surface area (Å²) in [5, 5.41) is 10.3. The molecular formula is C23H23F4N3O3S. The van der Waals surface area contributed by atoms with E-state index in [2.05, 4.69) is 15.2 Å². The molecule has 1 aliphatic rings. The molecule has 0 radical (unpaired) electrons. The minimum Gasteiger partial charge on any atom is -0.475 e. The Labute approximate surface area is 197 Å². The van der Waals surface area contributed by atoms with Crippen LogP contribution in [0.1, 0.15) is 15.9 Å². The van der Waals surface area contributed by atoms with E-state index in [-0.39, 0.29) is 5.91 Å². The zero-order valence-corrected chi connectivity index (χ0v) is 18.8. The normalized spacial score (nSPS) is 14.4. The van der Waals surface area contributed by atoms with E-state index in [0.29, 0.717) is 22.2 Å². The molecule has 4 rings (SSSR count). The fourth-order valence-electron chi connectivity index (χ4n) is 3.38. The first-order valence-corrected chi connectivity index (χ1v) is 11.6. The van der Waals surface area contributed by atoms with Crippen molar-refractivity contribution < 1.29 is 32.3 Å². The topological polar surface area (TPSA) is 85.4 Å². The highest BCUT2D eigenvalue weighted by Crippen LogP contribution is 2.23. The van der Waals surface area contributed by atoms with E-state index < -0.39 is 18.0 Å². The second-order valence-corrected chi connectivity index (χ2v) is 8.75. The van der Waals surface area contributed by atoms with E-state index in [4.69, 9.17) is 9.90 Å². The second-order valence-electron chi connectivity index (χ2n) is 7.52. The number of hydrogen-bond acceptors (Lipinski definition) is 4. The Hall–Kier alpha value is -3.05. The molecule has 2 heterocycles. The number of fused-ring (bicyclic) bond motifs is 1. The quantitative estimate of drug-likeness (QED) is 0.442. The maximum Gasteiger partial charge on any atom is 0.490 e. The van der Waals surface area contributed by atoms with Crippen LogP contribution in [0.15, 0.2) is 48.7 Å². The number of aromatic amines is 1. The Bertz CT molecular complexity index is 1130. The van der Waals surface area contributed by atoms with Gasteiger partial charge in [0.05, 0.1) is 5.56 Å². The number of carboxylic acids is 1. The van der Waals surface area contributed by atoms with Crippen LogP contribution in [0.5, 0.6) is 0 Å². The van der Waals surface area contributed by atoms with Crippen LogP contribution < -0.4 is 5.32 Å². The number of thioether (sulfide) groups is 1. The highest BCUT2D eigenvalue weighted by Gasteiger charge is 2.38. The number of carbonyl (C=O) groups excluding carboxylic acids is 1. The summed E-state index contributed by atoms with van der Waals surface area (Å²) in [5.74, 6) is -1.03. The lowest BCUT2D eigenvalue weighted by atomic mass is 10.1. The number of H-pyrrole nitrogens is 1. The van der Waals surface area contributed by atoms with Crippen molar-refractivity contribution >= 4 is 40.2 Å². The maximum absolute atomic E-state index is 14.1. The number of halogens is 4. The summed E-state index contributed by atoms with van der Waals surface area (Å²) < 4.78 is 45.8. The average Bonchev–Trinajstić information content (AvgIpc) is 3.25. The largest absolute Gasteiger partial charge is 0.490 e. The van der Waals surface area contributed by atoms with Gasteiger partial charge in [-0.2, -0.15) is 24.9 Å². The fourth-order valence-corrected chi connectivity index (χ4v) is 4.36. The Balaban J connectivity index is 0.000000406. The number of aliphatic carboxylic acids is 1. The van der Waals surface area contributed by atoms with E-state index in [1.165, 1.54) is 36.2 Å². The molecule has 1 aromatic heterocycles. The number of rotatable bonds is 5. The van der Waals surface area contributed by atoms with Crippen molar-refractivity contribution in [3.05, 3.63) is 65.6 Å². The minimum absolute atomic E-state index is 0.315. The number of nitrogens with zero attached hydrogens (tertiary/aromatic N) is 1. The zero-order chi connectivity index (χ0) is 24.7. The number of alkyl halides is 3. The number of aromatic nitrogens is 1. The standard InChI is InChI=1S/C21H22FN3OS.C2HF3O2/c22-18-2-1-3-19-20(18)17(14-23-19)21(26)24-16-6-4-15(5-7-16)8-9-25-10-12-27-13-11-25;3-2(4,5)1(6)7/h1-7,14,23H,8-13H2,(H,24,26);(H,6,7). The summed E-state index contributed by atoms with van der Waals surface area (Å²) in [7, 11) is 0. The van der Waals surface area contributed by atoms with Crippen molar-refractivity contribution in [3.63, 3.8) is 0 Å². The van der Waals surface area contributed by atoms with Gasteiger partial charge < -0.3 is 20.3 Å². The van der Waals surface area contributed by atoms with Crippen LogP contribution in [-0.2, 0) is 11.2 Å². The van der Waals surface area contributed by atoms with Crippen molar-refractivity contribution in [1.82, 2.24) is 9.88 Å². The monoisotopic (exact) mass is 497 g/mol. The van der Waals surface area contributed by atoms with Gasteiger partial charge in [0.15, 0.2) is 0 Å². The number of anilines is 1. The van der Waals surface area contributed by atoms with Crippen molar-refractivity contribution in [2.75, 3.05) is 36.5 Å². The number of amides is 1. The molecule has 0 unspecified atom stereocenters. The minimum atomic E-state index is -5.08. The molecule has 1 fully saturated rings. The molecule has 0 bridgehead atoms. The lowest BCUT2D eigenvalue weighted by molar-refractivity contribution is -0.192. The fraction of sp³-hybridized carbons (Fsp3) is 0.304. The summed E-state index contributed by atoms with van der Waals surface area (Å²) in [6, 6.07) is 12.6. The first-order valence-electron chi connectivity index (χ1n) is 10.4. The van der Waals surface area contributed by atoms with Crippen LogP contribution in [-0.4, -0.2) is 64.2 Å². The molecule has 34 heavy (non-hydrogen) atoms. The number of nitrogens with one attached hydrogen (secondary N) is 2. The summed E-state index contributed by atoms with van der Waals surface area (Å²) in [6.07, 6.45) is -2.53. The van der Waals surface area contributed by atoms with E-state index in [9.17, 15) is 22.4 Å². The Morgan fingerprint density at radius 3 is 2.35 bits per heavy atom. The number of benzene rings is 2. The van der Waals surface area contributed by atoms with Gasteiger partial charge in [-0.15, -0.1) is 0 Å². The summed E-state index contributed by atoms with van der Waals surface area (Å²) in [6.45, 7) is 3.40.